The number of primary amides is 1. The van der Waals surface area contributed by atoms with Gasteiger partial charge in [-0.2, -0.15) is 0 Å². The van der Waals surface area contributed by atoms with Gasteiger partial charge in [0.25, 0.3) is 0 Å². The molecule has 2 aromatic carbocycles. The number of carbonyl (C=O) groups excluding carboxylic acids is 1. The minimum Gasteiger partial charge on any atom is -0.497 e. The Labute approximate surface area is 128 Å². The average Bonchev–Trinajstić information content (AvgIpc) is 2.53. The lowest BCUT2D eigenvalue weighted by Gasteiger charge is -2.05. The molecule has 22 heavy (non-hydrogen) atoms. The molecule has 0 atom stereocenters. The fourth-order valence-corrected chi connectivity index (χ4v) is 1.97. The molecule has 5 nitrogen and oxygen atoms in total. The van der Waals surface area contributed by atoms with Crippen LogP contribution in [0.5, 0.6) is 5.75 Å². The normalized spacial score (nSPS) is 10.7. The fourth-order valence-electron chi connectivity index (χ4n) is 1.97. The molecule has 0 unspecified atom stereocenters. The van der Waals surface area contributed by atoms with Crippen LogP contribution in [0.4, 0.5) is 0 Å². The van der Waals surface area contributed by atoms with Crippen molar-refractivity contribution in [2.24, 2.45) is 5.73 Å². The lowest BCUT2D eigenvalue weighted by Crippen LogP contribution is -2.31. The molecule has 112 valence electrons. The molecular formula is C16H16BNO4. The molecule has 1 amide bonds. The van der Waals surface area contributed by atoms with Crippen molar-refractivity contribution in [2.75, 3.05) is 7.11 Å². The molecule has 0 bridgehead atoms. The van der Waals surface area contributed by atoms with Crippen molar-refractivity contribution in [2.45, 2.75) is 0 Å². The molecule has 0 aromatic heterocycles. The minimum absolute atomic E-state index is 0.214. The Balaban J connectivity index is 2.30. The smallest absolute Gasteiger partial charge is 0.488 e. The number of hydrogen-bond donors (Lipinski definition) is 3. The molecule has 0 aliphatic rings. The Morgan fingerprint density at radius 1 is 1.09 bits per heavy atom. The SMILES string of the molecule is COc1ccc(/C=C/c2cc(B(O)O)cc(C(N)=O)c2)cc1. The Morgan fingerprint density at radius 2 is 1.73 bits per heavy atom. The van der Waals surface area contributed by atoms with Gasteiger partial charge in [0.15, 0.2) is 0 Å². The van der Waals surface area contributed by atoms with E-state index in [0.717, 1.165) is 11.3 Å². The number of carbonyl (C=O) groups is 1. The maximum Gasteiger partial charge on any atom is 0.488 e. The van der Waals surface area contributed by atoms with E-state index in [2.05, 4.69) is 0 Å². The van der Waals surface area contributed by atoms with Gasteiger partial charge in [-0.3, -0.25) is 4.79 Å². The topological polar surface area (TPSA) is 92.8 Å². The maximum atomic E-state index is 11.3. The van der Waals surface area contributed by atoms with Gasteiger partial charge < -0.3 is 20.5 Å². The first-order chi connectivity index (χ1) is 10.5. The van der Waals surface area contributed by atoms with Crippen molar-refractivity contribution >= 4 is 30.6 Å². The van der Waals surface area contributed by atoms with Gasteiger partial charge in [0.05, 0.1) is 7.11 Å². The van der Waals surface area contributed by atoms with Crippen LogP contribution in [0.3, 0.4) is 0 Å². The monoisotopic (exact) mass is 297 g/mol. The summed E-state index contributed by atoms with van der Waals surface area (Å²) in [6.07, 6.45) is 3.60. The van der Waals surface area contributed by atoms with Crippen molar-refractivity contribution in [1.29, 1.82) is 0 Å². The van der Waals surface area contributed by atoms with Crippen LogP contribution in [-0.4, -0.2) is 30.2 Å². The van der Waals surface area contributed by atoms with E-state index < -0.39 is 13.0 Å². The summed E-state index contributed by atoms with van der Waals surface area (Å²) in [5.74, 6) is 0.139. The summed E-state index contributed by atoms with van der Waals surface area (Å²) in [5, 5.41) is 18.5. The van der Waals surface area contributed by atoms with Gasteiger partial charge in [-0.1, -0.05) is 30.4 Å². The second kappa shape index (κ2) is 6.93. The molecule has 0 aliphatic heterocycles. The molecular weight excluding hydrogens is 281 g/mol. The van der Waals surface area contributed by atoms with E-state index in [9.17, 15) is 14.8 Å². The van der Waals surface area contributed by atoms with Crippen LogP contribution in [0.1, 0.15) is 21.5 Å². The zero-order valence-corrected chi connectivity index (χ0v) is 12.1. The second-order valence-corrected chi connectivity index (χ2v) is 4.73. The van der Waals surface area contributed by atoms with E-state index >= 15 is 0 Å². The van der Waals surface area contributed by atoms with E-state index in [4.69, 9.17) is 10.5 Å². The Bertz CT molecular complexity index is 696. The van der Waals surface area contributed by atoms with Gasteiger partial charge in [0.1, 0.15) is 5.75 Å². The first kappa shape index (κ1) is 15.8. The molecule has 4 N–H and O–H groups in total. The number of nitrogens with two attached hydrogens (primary N) is 1. The third kappa shape index (κ3) is 3.97. The molecule has 0 fully saturated rings. The van der Waals surface area contributed by atoms with Gasteiger partial charge in [-0.05, 0) is 40.9 Å². The highest BCUT2D eigenvalue weighted by Crippen LogP contribution is 2.14. The van der Waals surface area contributed by atoms with Gasteiger partial charge >= 0.3 is 7.12 Å². The highest BCUT2D eigenvalue weighted by molar-refractivity contribution is 6.58. The van der Waals surface area contributed by atoms with E-state index in [1.807, 2.05) is 30.3 Å². The predicted molar refractivity (Wildman–Crippen MR) is 86.7 cm³/mol. The van der Waals surface area contributed by atoms with Gasteiger partial charge in [-0.15, -0.1) is 0 Å². The number of benzene rings is 2. The predicted octanol–water partition coefficient (Wildman–Crippen LogP) is 0.644. The first-order valence-electron chi connectivity index (χ1n) is 6.62. The summed E-state index contributed by atoms with van der Waals surface area (Å²) in [4.78, 5) is 11.3. The lowest BCUT2D eigenvalue weighted by atomic mass is 9.78. The highest BCUT2D eigenvalue weighted by Gasteiger charge is 2.14. The van der Waals surface area contributed by atoms with Crippen molar-refractivity contribution in [3.63, 3.8) is 0 Å². The van der Waals surface area contributed by atoms with Crippen LogP contribution in [-0.2, 0) is 0 Å². The highest BCUT2D eigenvalue weighted by atomic mass is 16.5. The molecule has 0 heterocycles. The lowest BCUT2D eigenvalue weighted by molar-refractivity contribution is 0.100. The van der Waals surface area contributed by atoms with Crippen molar-refractivity contribution in [3.05, 3.63) is 59.2 Å². The number of rotatable bonds is 5. The summed E-state index contributed by atoms with van der Waals surface area (Å²) in [6, 6.07) is 12.0. The Kier molecular flexibility index (Phi) is 4.98. The van der Waals surface area contributed by atoms with E-state index in [1.54, 1.807) is 25.3 Å². The molecule has 0 spiro atoms. The molecule has 2 aromatic rings. The standard InChI is InChI=1S/C16H16BNO4/c1-22-15-6-4-11(5-7-15)2-3-12-8-13(16(18)19)10-14(9-12)17(20)21/h2-10,20-21H,1H3,(H2,18,19)/b3-2+. The Morgan fingerprint density at radius 3 is 2.27 bits per heavy atom. The number of methoxy groups -OCH3 is 1. The molecule has 0 saturated carbocycles. The summed E-state index contributed by atoms with van der Waals surface area (Å²) in [7, 11) is -0.0607. The molecule has 2 rings (SSSR count). The summed E-state index contributed by atoms with van der Waals surface area (Å²) < 4.78 is 5.09. The fraction of sp³-hybridized carbons (Fsp3) is 0.0625. The van der Waals surface area contributed by atoms with E-state index in [-0.39, 0.29) is 11.0 Å². The summed E-state index contributed by atoms with van der Waals surface area (Å²) >= 11 is 0. The quantitative estimate of drug-likeness (QED) is 0.558. The molecule has 0 saturated heterocycles. The van der Waals surface area contributed by atoms with Crippen molar-refractivity contribution < 1.29 is 19.6 Å². The second-order valence-electron chi connectivity index (χ2n) is 4.73. The van der Waals surface area contributed by atoms with Gasteiger partial charge in [0.2, 0.25) is 5.91 Å². The van der Waals surface area contributed by atoms with Gasteiger partial charge in [-0.25, -0.2) is 0 Å². The molecule has 6 heteroatoms. The maximum absolute atomic E-state index is 11.3. The minimum atomic E-state index is -1.66. The third-order valence-electron chi connectivity index (χ3n) is 3.14. The van der Waals surface area contributed by atoms with Crippen LogP contribution < -0.4 is 15.9 Å². The zero-order valence-electron chi connectivity index (χ0n) is 12.1. The molecule has 0 aliphatic carbocycles. The zero-order chi connectivity index (χ0) is 16.1. The number of hydrogen-bond acceptors (Lipinski definition) is 4. The largest absolute Gasteiger partial charge is 0.497 e. The van der Waals surface area contributed by atoms with Crippen LogP contribution in [0.25, 0.3) is 12.2 Å². The van der Waals surface area contributed by atoms with Crippen LogP contribution in [0.2, 0.25) is 0 Å². The summed E-state index contributed by atoms with van der Waals surface area (Å²) in [5.41, 5.74) is 7.28. The number of amides is 1. The summed E-state index contributed by atoms with van der Waals surface area (Å²) in [6.45, 7) is 0. The Hall–Kier alpha value is -2.57. The average molecular weight is 297 g/mol. The van der Waals surface area contributed by atoms with Crippen LogP contribution >= 0.6 is 0 Å². The van der Waals surface area contributed by atoms with E-state index in [0.29, 0.717) is 5.56 Å². The first-order valence-corrected chi connectivity index (χ1v) is 6.62. The van der Waals surface area contributed by atoms with Crippen LogP contribution in [0.15, 0.2) is 42.5 Å². The van der Waals surface area contributed by atoms with Gasteiger partial charge in [0, 0.05) is 5.56 Å². The van der Waals surface area contributed by atoms with E-state index in [1.165, 1.54) is 6.07 Å². The van der Waals surface area contributed by atoms with Crippen molar-refractivity contribution in [1.82, 2.24) is 0 Å². The van der Waals surface area contributed by atoms with Crippen molar-refractivity contribution in [3.8, 4) is 5.75 Å². The third-order valence-corrected chi connectivity index (χ3v) is 3.14. The molecule has 0 radical (unpaired) electrons. The number of ether oxygens (including phenoxy) is 1. The van der Waals surface area contributed by atoms with Crippen LogP contribution in [0, 0.1) is 0 Å².